The van der Waals surface area contributed by atoms with Crippen molar-refractivity contribution in [2.45, 2.75) is 0 Å². The van der Waals surface area contributed by atoms with Crippen molar-refractivity contribution in [2.24, 2.45) is 0 Å². The number of rotatable bonds is 3. The first kappa shape index (κ1) is 12.1. The summed E-state index contributed by atoms with van der Waals surface area (Å²) < 4.78 is 1.61. The first-order valence-electron chi connectivity index (χ1n) is 6.04. The molecule has 5 heteroatoms. The van der Waals surface area contributed by atoms with Crippen LogP contribution in [0.1, 0.15) is 10.4 Å². The van der Waals surface area contributed by atoms with Crippen LogP contribution >= 0.6 is 0 Å². The summed E-state index contributed by atoms with van der Waals surface area (Å²) in [5.74, 6) is -1.01. The molecule has 2 aromatic heterocycles. The first-order chi connectivity index (χ1) is 9.77. The van der Waals surface area contributed by atoms with E-state index in [9.17, 15) is 9.90 Å². The van der Waals surface area contributed by atoms with Gasteiger partial charge in [-0.15, -0.1) is 0 Å². The van der Waals surface area contributed by atoms with Crippen molar-refractivity contribution in [3.05, 3.63) is 66.6 Å². The second kappa shape index (κ2) is 4.97. The van der Waals surface area contributed by atoms with E-state index in [2.05, 4.69) is 10.1 Å². The average molecular weight is 265 g/mol. The number of pyridine rings is 1. The van der Waals surface area contributed by atoms with Crippen LogP contribution in [0.2, 0.25) is 0 Å². The smallest absolute Gasteiger partial charge is 0.339 e. The maximum atomic E-state index is 11.4. The summed E-state index contributed by atoms with van der Waals surface area (Å²) in [7, 11) is 0. The zero-order valence-electron chi connectivity index (χ0n) is 10.5. The van der Waals surface area contributed by atoms with Crippen molar-refractivity contribution < 1.29 is 9.90 Å². The molecule has 0 bridgehead atoms. The summed E-state index contributed by atoms with van der Waals surface area (Å²) in [5, 5.41) is 13.5. The molecule has 1 aromatic carbocycles. The predicted molar refractivity (Wildman–Crippen MR) is 73.8 cm³/mol. The van der Waals surface area contributed by atoms with Gasteiger partial charge in [0, 0.05) is 18.0 Å². The molecule has 3 aromatic rings. The number of hydrogen-bond acceptors (Lipinski definition) is 3. The Hall–Kier alpha value is -2.95. The number of hydrogen-bond donors (Lipinski definition) is 1. The van der Waals surface area contributed by atoms with Gasteiger partial charge in [0.2, 0.25) is 0 Å². The summed E-state index contributed by atoms with van der Waals surface area (Å²) >= 11 is 0. The van der Waals surface area contributed by atoms with E-state index >= 15 is 0 Å². The Morgan fingerprint density at radius 2 is 1.85 bits per heavy atom. The molecule has 0 aliphatic heterocycles. The zero-order valence-corrected chi connectivity index (χ0v) is 10.5. The van der Waals surface area contributed by atoms with Crippen molar-refractivity contribution in [1.29, 1.82) is 0 Å². The quantitative estimate of drug-likeness (QED) is 0.790. The van der Waals surface area contributed by atoms with E-state index in [0.717, 1.165) is 5.69 Å². The maximum Gasteiger partial charge on any atom is 0.339 e. The largest absolute Gasteiger partial charge is 0.478 e. The summed E-state index contributed by atoms with van der Waals surface area (Å²) in [5.41, 5.74) is 2.20. The van der Waals surface area contributed by atoms with Crippen LogP contribution in [0.25, 0.3) is 16.9 Å². The standard InChI is InChI=1S/C15H11N3O2/c19-15(20)13-10-17-18(12-6-2-1-3-7-12)14(13)11-5-4-8-16-9-11/h1-10H,(H,19,20). The average Bonchev–Trinajstić information content (AvgIpc) is 2.94. The number of para-hydroxylation sites is 1. The molecule has 20 heavy (non-hydrogen) atoms. The Morgan fingerprint density at radius 3 is 2.50 bits per heavy atom. The van der Waals surface area contributed by atoms with Gasteiger partial charge in [-0.05, 0) is 24.3 Å². The molecule has 0 unspecified atom stereocenters. The van der Waals surface area contributed by atoms with E-state index in [4.69, 9.17) is 0 Å². The molecule has 0 saturated carbocycles. The lowest BCUT2D eigenvalue weighted by Crippen LogP contribution is -2.03. The molecule has 98 valence electrons. The molecule has 0 aliphatic rings. The fourth-order valence-corrected chi connectivity index (χ4v) is 2.05. The van der Waals surface area contributed by atoms with Gasteiger partial charge in [0.15, 0.2) is 0 Å². The summed E-state index contributed by atoms with van der Waals surface area (Å²) in [6.07, 6.45) is 4.63. The van der Waals surface area contributed by atoms with E-state index in [1.807, 2.05) is 36.4 Å². The van der Waals surface area contributed by atoms with Crippen molar-refractivity contribution in [2.75, 3.05) is 0 Å². The zero-order chi connectivity index (χ0) is 13.9. The van der Waals surface area contributed by atoms with Crippen LogP contribution < -0.4 is 0 Å². The van der Waals surface area contributed by atoms with Gasteiger partial charge in [-0.1, -0.05) is 18.2 Å². The van der Waals surface area contributed by atoms with Gasteiger partial charge in [-0.2, -0.15) is 5.10 Å². The highest BCUT2D eigenvalue weighted by Crippen LogP contribution is 2.25. The highest BCUT2D eigenvalue weighted by Gasteiger charge is 2.19. The molecular weight excluding hydrogens is 254 g/mol. The van der Waals surface area contributed by atoms with Crippen LogP contribution in [-0.4, -0.2) is 25.8 Å². The van der Waals surface area contributed by atoms with Gasteiger partial charge < -0.3 is 5.11 Å². The van der Waals surface area contributed by atoms with Crippen LogP contribution in [-0.2, 0) is 0 Å². The van der Waals surface area contributed by atoms with Gasteiger partial charge >= 0.3 is 5.97 Å². The second-order valence-corrected chi connectivity index (χ2v) is 4.20. The van der Waals surface area contributed by atoms with Crippen LogP contribution in [0.3, 0.4) is 0 Å². The minimum atomic E-state index is -1.01. The Kier molecular flexibility index (Phi) is 3.01. The molecule has 2 heterocycles. The summed E-state index contributed by atoms with van der Waals surface area (Å²) in [6, 6.07) is 13.0. The van der Waals surface area contributed by atoms with Crippen LogP contribution in [0.5, 0.6) is 0 Å². The number of aromatic carboxylic acids is 1. The topological polar surface area (TPSA) is 68.0 Å². The predicted octanol–water partition coefficient (Wildman–Crippen LogP) is 2.63. The lowest BCUT2D eigenvalue weighted by molar-refractivity contribution is 0.0697. The number of carboxylic acids is 1. The van der Waals surface area contributed by atoms with Crippen molar-refractivity contribution in [1.82, 2.24) is 14.8 Å². The Morgan fingerprint density at radius 1 is 1.05 bits per heavy atom. The highest BCUT2D eigenvalue weighted by atomic mass is 16.4. The third-order valence-electron chi connectivity index (χ3n) is 2.94. The SMILES string of the molecule is O=C(O)c1cnn(-c2ccccc2)c1-c1cccnc1. The lowest BCUT2D eigenvalue weighted by atomic mass is 10.1. The Labute approximate surface area is 115 Å². The van der Waals surface area contributed by atoms with E-state index in [-0.39, 0.29) is 5.56 Å². The van der Waals surface area contributed by atoms with E-state index in [0.29, 0.717) is 11.3 Å². The number of nitrogens with zero attached hydrogens (tertiary/aromatic N) is 3. The van der Waals surface area contributed by atoms with Crippen LogP contribution in [0.4, 0.5) is 0 Å². The highest BCUT2D eigenvalue weighted by molar-refractivity contribution is 5.95. The number of benzene rings is 1. The molecule has 3 rings (SSSR count). The van der Waals surface area contributed by atoms with Gasteiger partial charge in [0.05, 0.1) is 17.6 Å². The normalized spacial score (nSPS) is 10.4. The third kappa shape index (κ3) is 2.05. The first-order valence-corrected chi connectivity index (χ1v) is 6.04. The monoisotopic (exact) mass is 265 g/mol. The fraction of sp³-hybridized carbons (Fsp3) is 0. The van der Waals surface area contributed by atoms with E-state index < -0.39 is 5.97 Å². The number of carboxylic acid groups (broad SMARTS) is 1. The molecular formula is C15H11N3O2. The fourth-order valence-electron chi connectivity index (χ4n) is 2.05. The molecule has 1 N–H and O–H groups in total. The molecule has 0 aliphatic carbocycles. The Bertz CT molecular complexity index is 736. The number of carbonyl (C=O) groups is 1. The van der Waals surface area contributed by atoms with Gasteiger partial charge in [-0.25, -0.2) is 9.48 Å². The Balaban J connectivity index is 2.25. The van der Waals surface area contributed by atoms with Crippen molar-refractivity contribution in [3.63, 3.8) is 0 Å². The molecule has 0 radical (unpaired) electrons. The molecule has 0 fully saturated rings. The molecule has 5 nitrogen and oxygen atoms in total. The van der Waals surface area contributed by atoms with Crippen LogP contribution in [0.15, 0.2) is 61.1 Å². The van der Waals surface area contributed by atoms with Crippen molar-refractivity contribution in [3.8, 4) is 16.9 Å². The number of aromatic nitrogens is 3. The van der Waals surface area contributed by atoms with Gasteiger partial charge in [0.1, 0.15) is 5.56 Å². The third-order valence-corrected chi connectivity index (χ3v) is 2.94. The lowest BCUT2D eigenvalue weighted by Gasteiger charge is -2.08. The molecule has 0 saturated heterocycles. The van der Waals surface area contributed by atoms with Crippen LogP contribution in [0, 0.1) is 0 Å². The van der Waals surface area contributed by atoms with E-state index in [1.54, 1.807) is 23.1 Å². The molecule has 0 amide bonds. The van der Waals surface area contributed by atoms with Gasteiger partial charge in [0.25, 0.3) is 0 Å². The minimum Gasteiger partial charge on any atom is -0.478 e. The summed E-state index contributed by atoms with van der Waals surface area (Å²) in [4.78, 5) is 15.4. The summed E-state index contributed by atoms with van der Waals surface area (Å²) in [6.45, 7) is 0. The van der Waals surface area contributed by atoms with Crippen molar-refractivity contribution >= 4 is 5.97 Å². The maximum absolute atomic E-state index is 11.4. The van der Waals surface area contributed by atoms with Gasteiger partial charge in [-0.3, -0.25) is 4.98 Å². The van der Waals surface area contributed by atoms with E-state index in [1.165, 1.54) is 6.20 Å². The second-order valence-electron chi connectivity index (χ2n) is 4.20. The molecule has 0 spiro atoms. The molecule has 0 atom stereocenters. The minimum absolute atomic E-state index is 0.154.